The van der Waals surface area contributed by atoms with Gasteiger partial charge in [0.05, 0.1) is 11.7 Å². The quantitative estimate of drug-likeness (QED) is 0.598. The maximum atomic E-state index is 13.2. The van der Waals surface area contributed by atoms with Crippen LogP contribution in [0.1, 0.15) is 38.2 Å². The van der Waals surface area contributed by atoms with Gasteiger partial charge in [-0.15, -0.1) is 0 Å². The predicted octanol–water partition coefficient (Wildman–Crippen LogP) is 4.91. The Balaban J connectivity index is 1.32. The van der Waals surface area contributed by atoms with Crippen molar-refractivity contribution < 1.29 is 4.79 Å². The van der Waals surface area contributed by atoms with Crippen LogP contribution in [-0.2, 0) is 0 Å². The smallest absolute Gasteiger partial charge is 0.320 e. The lowest BCUT2D eigenvalue weighted by Gasteiger charge is -2.40. The molecule has 0 aliphatic carbocycles. The molecule has 2 aliphatic heterocycles. The number of fused-ring (bicyclic) bond motifs is 1. The number of piperidine rings is 1. The number of pyridine rings is 1. The molecule has 1 aromatic carbocycles. The van der Waals surface area contributed by atoms with E-state index in [-0.39, 0.29) is 6.03 Å². The van der Waals surface area contributed by atoms with Gasteiger partial charge in [-0.25, -0.2) is 4.79 Å². The maximum absolute atomic E-state index is 13.2. The first-order valence-electron chi connectivity index (χ1n) is 12.0. The van der Waals surface area contributed by atoms with Crippen molar-refractivity contribution in [3.8, 4) is 5.69 Å². The van der Waals surface area contributed by atoms with Gasteiger partial charge in [-0.1, -0.05) is 25.4 Å². The highest BCUT2D eigenvalue weighted by molar-refractivity contribution is 6.30. The Hall–Kier alpha value is -2.57. The first kappa shape index (κ1) is 22.2. The average Bonchev–Trinajstić information content (AvgIpc) is 3.24. The summed E-state index contributed by atoms with van der Waals surface area (Å²) in [5.74, 6) is 0.956. The predicted molar refractivity (Wildman–Crippen MR) is 133 cm³/mol. The van der Waals surface area contributed by atoms with Gasteiger partial charge < -0.3 is 19.7 Å². The number of nitrogens with one attached hydrogen (secondary N) is 1. The topological polar surface area (TPSA) is 53.4 Å². The number of hydrogen-bond acceptors (Lipinski definition) is 3. The number of carbonyl (C=O) groups is 1. The van der Waals surface area contributed by atoms with Gasteiger partial charge in [-0.2, -0.15) is 0 Å². The number of likely N-dealkylation sites (tertiary alicyclic amines) is 1. The van der Waals surface area contributed by atoms with E-state index >= 15 is 0 Å². The molecule has 2 aromatic heterocycles. The molecule has 2 saturated heterocycles. The molecule has 2 fully saturated rings. The van der Waals surface area contributed by atoms with E-state index in [0.29, 0.717) is 17.9 Å². The standard InChI is InChI=1S/C26H32ClN5O/c1-18(2)24-17-31(14-11-29-24)26(33)30-12-8-19(9-13-30)23-16-32(21-5-3-20(27)4-6-21)25-15-28-10-7-22(23)25/h3-7,10,15-16,18-19,24,29H,8-9,11-14,17H2,1-2H3/t24-/m1/s1. The van der Waals surface area contributed by atoms with Crippen LogP contribution in [0.3, 0.4) is 0 Å². The molecule has 6 nitrogen and oxygen atoms in total. The molecule has 3 aromatic rings. The van der Waals surface area contributed by atoms with E-state index in [9.17, 15) is 4.79 Å². The number of piperazine rings is 1. The molecule has 174 valence electrons. The summed E-state index contributed by atoms with van der Waals surface area (Å²) in [6.07, 6.45) is 8.01. The van der Waals surface area contributed by atoms with Gasteiger partial charge in [-0.3, -0.25) is 4.98 Å². The van der Waals surface area contributed by atoms with Crippen molar-refractivity contribution in [3.05, 3.63) is 59.5 Å². The molecule has 0 saturated carbocycles. The maximum Gasteiger partial charge on any atom is 0.320 e. The van der Waals surface area contributed by atoms with Crippen LogP contribution in [-0.4, -0.2) is 64.1 Å². The molecule has 0 unspecified atom stereocenters. The fraction of sp³-hybridized carbons (Fsp3) is 0.462. The molecule has 2 amide bonds. The molecule has 1 N–H and O–H groups in total. The number of benzene rings is 1. The largest absolute Gasteiger partial charge is 0.325 e. The Morgan fingerprint density at radius 3 is 2.58 bits per heavy atom. The number of amides is 2. The molecule has 33 heavy (non-hydrogen) atoms. The van der Waals surface area contributed by atoms with Gasteiger partial charge in [-0.05, 0) is 60.6 Å². The van der Waals surface area contributed by atoms with E-state index in [2.05, 4.69) is 45.9 Å². The fourth-order valence-corrected chi connectivity index (χ4v) is 5.35. The van der Waals surface area contributed by atoms with Crippen LogP contribution in [0.15, 0.2) is 48.9 Å². The van der Waals surface area contributed by atoms with Crippen LogP contribution < -0.4 is 5.32 Å². The first-order valence-corrected chi connectivity index (χ1v) is 12.4. The third-order valence-corrected chi connectivity index (χ3v) is 7.48. The SMILES string of the molecule is CC(C)[C@H]1CN(C(=O)N2CCC(c3cn(-c4ccc(Cl)cc4)c4cnccc34)CC2)CCN1. The molecule has 0 bridgehead atoms. The van der Waals surface area contributed by atoms with E-state index in [1.54, 1.807) is 0 Å². The molecular formula is C26H32ClN5O. The molecule has 2 aliphatic rings. The van der Waals surface area contributed by atoms with Crippen LogP contribution in [0.2, 0.25) is 5.02 Å². The van der Waals surface area contributed by atoms with Crippen molar-refractivity contribution in [1.82, 2.24) is 24.7 Å². The lowest BCUT2D eigenvalue weighted by Crippen LogP contribution is -2.58. The molecule has 1 atom stereocenters. The zero-order valence-corrected chi connectivity index (χ0v) is 20.1. The van der Waals surface area contributed by atoms with Crippen molar-refractivity contribution in [3.63, 3.8) is 0 Å². The summed E-state index contributed by atoms with van der Waals surface area (Å²) in [7, 11) is 0. The zero-order valence-electron chi connectivity index (χ0n) is 19.4. The highest BCUT2D eigenvalue weighted by atomic mass is 35.5. The van der Waals surface area contributed by atoms with Crippen molar-refractivity contribution in [1.29, 1.82) is 0 Å². The van der Waals surface area contributed by atoms with E-state index in [4.69, 9.17) is 11.6 Å². The number of hydrogen-bond donors (Lipinski definition) is 1. The molecule has 4 heterocycles. The number of urea groups is 1. The second-order valence-electron chi connectivity index (χ2n) is 9.62. The van der Waals surface area contributed by atoms with Crippen LogP contribution >= 0.6 is 11.6 Å². The number of carbonyl (C=O) groups excluding carboxylic acids is 1. The van der Waals surface area contributed by atoms with Gasteiger partial charge in [0.15, 0.2) is 0 Å². The minimum absolute atomic E-state index is 0.202. The summed E-state index contributed by atoms with van der Waals surface area (Å²) in [4.78, 5) is 21.7. The van der Waals surface area contributed by atoms with Gasteiger partial charge in [0.1, 0.15) is 0 Å². The summed E-state index contributed by atoms with van der Waals surface area (Å²) in [5.41, 5.74) is 3.53. The van der Waals surface area contributed by atoms with E-state index in [1.807, 2.05) is 41.6 Å². The van der Waals surface area contributed by atoms with Gasteiger partial charge in [0, 0.05) is 67.3 Å². The molecular weight excluding hydrogens is 434 g/mol. The van der Waals surface area contributed by atoms with E-state index < -0.39 is 0 Å². The third-order valence-electron chi connectivity index (χ3n) is 7.23. The Bertz CT molecular complexity index is 1120. The van der Waals surface area contributed by atoms with Gasteiger partial charge in [0.2, 0.25) is 0 Å². The number of aromatic nitrogens is 2. The Labute approximate surface area is 200 Å². The minimum atomic E-state index is 0.202. The minimum Gasteiger partial charge on any atom is -0.325 e. The van der Waals surface area contributed by atoms with Crippen LogP contribution in [0.25, 0.3) is 16.6 Å². The third kappa shape index (κ3) is 4.46. The number of rotatable bonds is 3. The number of halogens is 1. The lowest BCUT2D eigenvalue weighted by atomic mass is 9.89. The summed E-state index contributed by atoms with van der Waals surface area (Å²) >= 11 is 6.10. The molecule has 0 spiro atoms. The summed E-state index contributed by atoms with van der Waals surface area (Å²) < 4.78 is 2.21. The van der Waals surface area contributed by atoms with Gasteiger partial charge in [0.25, 0.3) is 0 Å². The molecule has 5 rings (SSSR count). The van der Waals surface area contributed by atoms with Crippen molar-refractivity contribution in [2.24, 2.45) is 5.92 Å². The van der Waals surface area contributed by atoms with E-state index in [0.717, 1.165) is 61.8 Å². The second-order valence-corrected chi connectivity index (χ2v) is 10.1. The van der Waals surface area contributed by atoms with Crippen molar-refractivity contribution >= 4 is 28.5 Å². The monoisotopic (exact) mass is 465 g/mol. The summed E-state index contributed by atoms with van der Waals surface area (Å²) in [5, 5.41) is 5.52. The lowest BCUT2D eigenvalue weighted by molar-refractivity contribution is 0.120. The Morgan fingerprint density at radius 1 is 1.09 bits per heavy atom. The van der Waals surface area contributed by atoms with Crippen molar-refractivity contribution in [2.75, 3.05) is 32.7 Å². The fourth-order valence-electron chi connectivity index (χ4n) is 5.22. The zero-order chi connectivity index (χ0) is 22.9. The van der Waals surface area contributed by atoms with E-state index in [1.165, 1.54) is 10.9 Å². The van der Waals surface area contributed by atoms with Crippen LogP contribution in [0.4, 0.5) is 4.79 Å². The van der Waals surface area contributed by atoms with Gasteiger partial charge >= 0.3 is 6.03 Å². The second kappa shape index (κ2) is 9.35. The summed E-state index contributed by atoms with van der Waals surface area (Å²) in [6, 6.07) is 10.6. The van der Waals surface area contributed by atoms with Crippen LogP contribution in [0.5, 0.6) is 0 Å². The highest BCUT2D eigenvalue weighted by Crippen LogP contribution is 2.36. The molecule has 0 radical (unpaired) electrons. The van der Waals surface area contributed by atoms with Crippen LogP contribution in [0, 0.1) is 5.92 Å². The first-order chi connectivity index (χ1) is 16.0. The summed E-state index contributed by atoms with van der Waals surface area (Å²) in [6.45, 7) is 8.52. The Kier molecular flexibility index (Phi) is 6.30. The Morgan fingerprint density at radius 2 is 1.85 bits per heavy atom. The number of nitrogens with zero attached hydrogens (tertiary/aromatic N) is 4. The molecule has 7 heteroatoms. The highest BCUT2D eigenvalue weighted by Gasteiger charge is 2.31. The normalized spacial score (nSPS) is 20.1. The average molecular weight is 466 g/mol. The van der Waals surface area contributed by atoms with Crippen molar-refractivity contribution in [2.45, 2.75) is 38.6 Å².